The number of carbonyl (C=O) groups excluding carboxylic acids is 2. The number of aromatic nitrogens is 1. The van der Waals surface area contributed by atoms with Gasteiger partial charge in [-0.15, -0.1) is 11.3 Å². The van der Waals surface area contributed by atoms with E-state index in [1.54, 1.807) is 66.9 Å². The van der Waals surface area contributed by atoms with Crippen molar-refractivity contribution >= 4 is 44.6 Å². The first kappa shape index (κ1) is 25.9. The zero-order valence-corrected chi connectivity index (χ0v) is 22.4. The SMILES string of the molecule is CS(=O)(=O)c1cccc2c1C[C@@H](NC(=O)c1ccc(Cl)s1)[C@H]2NC(=O)c1ccc(-n2ccccc2=O)cc1. The number of rotatable bonds is 6. The summed E-state index contributed by atoms with van der Waals surface area (Å²) in [5.41, 5.74) is 1.95. The van der Waals surface area contributed by atoms with E-state index in [1.165, 1.54) is 16.7 Å². The van der Waals surface area contributed by atoms with Gasteiger partial charge in [0.25, 0.3) is 17.4 Å². The van der Waals surface area contributed by atoms with Crippen LogP contribution in [0.4, 0.5) is 0 Å². The molecule has 1 aliphatic carbocycles. The molecule has 2 aromatic carbocycles. The van der Waals surface area contributed by atoms with Crippen molar-refractivity contribution in [3.63, 3.8) is 0 Å². The number of hydrogen-bond acceptors (Lipinski definition) is 6. The highest BCUT2D eigenvalue weighted by Crippen LogP contribution is 2.36. The Morgan fingerprint density at radius 1 is 0.947 bits per heavy atom. The minimum absolute atomic E-state index is 0.169. The van der Waals surface area contributed by atoms with E-state index in [9.17, 15) is 22.8 Å². The number of carbonyl (C=O) groups is 2. The summed E-state index contributed by atoms with van der Waals surface area (Å²) >= 11 is 7.11. The Balaban J connectivity index is 1.44. The molecule has 2 aromatic heterocycles. The number of pyridine rings is 1. The summed E-state index contributed by atoms with van der Waals surface area (Å²) in [5.74, 6) is -0.768. The van der Waals surface area contributed by atoms with E-state index >= 15 is 0 Å². The number of nitrogens with one attached hydrogen (secondary N) is 2. The van der Waals surface area contributed by atoms with Gasteiger partial charge < -0.3 is 10.6 Å². The Hall–Kier alpha value is -3.73. The smallest absolute Gasteiger partial charge is 0.261 e. The fraction of sp³-hybridized carbons (Fsp3) is 0.148. The van der Waals surface area contributed by atoms with Gasteiger partial charge in [0.1, 0.15) is 0 Å². The van der Waals surface area contributed by atoms with Gasteiger partial charge in [-0.2, -0.15) is 0 Å². The molecular formula is C27H22ClN3O5S2. The normalized spacial score (nSPS) is 16.6. The average Bonchev–Trinajstić information content (AvgIpc) is 3.47. The second-order valence-electron chi connectivity index (χ2n) is 8.89. The predicted molar refractivity (Wildman–Crippen MR) is 146 cm³/mol. The Bertz CT molecular complexity index is 1710. The number of fused-ring (bicyclic) bond motifs is 1. The zero-order chi connectivity index (χ0) is 27.0. The lowest BCUT2D eigenvalue weighted by molar-refractivity contribution is 0.0890. The van der Waals surface area contributed by atoms with Crippen molar-refractivity contribution in [3.05, 3.63) is 115 Å². The van der Waals surface area contributed by atoms with Crippen LogP contribution in [0.15, 0.2) is 88.7 Å². The van der Waals surface area contributed by atoms with Gasteiger partial charge in [-0.1, -0.05) is 29.8 Å². The maximum Gasteiger partial charge on any atom is 0.261 e. The summed E-state index contributed by atoms with van der Waals surface area (Å²) in [7, 11) is -3.54. The first-order chi connectivity index (χ1) is 18.1. The van der Waals surface area contributed by atoms with Crippen LogP contribution < -0.4 is 16.2 Å². The molecule has 5 rings (SSSR count). The van der Waals surface area contributed by atoms with E-state index < -0.39 is 27.8 Å². The van der Waals surface area contributed by atoms with Gasteiger partial charge in [-0.25, -0.2) is 8.42 Å². The zero-order valence-electron chi connectivity index (χ0n) is 20.1. The third-order valence-electron chi connectivity index (χ3n) is 6.36. The Morgan fingerprint density at radius 3 is 2.37 bits per heavy atom. The molecule has 0 bridgehead atoms. The number of nitrogens with zero attached hydrogens (tertiary/aromatic N) is 1. The molecule has 4 aromatic rings. The third kappa shape index (κ3) is 5.15. The van der Waals surface area contributed by atoms with Crippen LogP contribution in [-0.4, -0.2) is 37.1 Å². The van der Waals surface area contributed by atoms with E-state index in [2.05, 4.69) is 10.6 Å². The lowest BCUT2D eigenvalue weighted by Gasteiger charge is -2.23. The summed E-state index contributed by atoms with van der Waals surface area (Å²) in [6.45, 7) is 0. The molecule has 2 atom stereocenters. The molecule has 0 saturated carbocycles. The van der Waals surface area contributed by atoms with E-state index in [0.29, 0.717) is 31.6 Å². The molecule has 0 spiro atoms. The summed E-state index contributed by atoms with van der Waals surface area (Å²) in [4.78, 5) is 38.9. The summed E-state index contributed by atoms with van der Waals surface area (Å²) in [6.07, 6.45) is 3.00. The van der Waals surface area contributed by atoms with Crippen LogP contribution in [0.5, 0.6) is 0 Å². The van der Waals surface area contributed by atoms with Crippen molar-refractivity contribution in [3.8, 4) is 5.69 Å². The quantitative estimate of drug-likeness (QED) is 0.368. The highest BCUT2D eigenvalue weighted by Gasteiger charge is 2.37. The van der Waals surface area contributed by atoms with Gasteiger partial charge in [0.05, 0.1) is 26.2 Å². The second kappa shape index (κ2) is 10.2. The molecule has 0 fully saturated rings. The van der Waals surface area contributed by atoms with Crippen LogP contribution >= 0.6 is 22.9 Å². The molecule has 194 valence electrons. The minimum Gasteiger partial charge on any atom is -0.346 e. The number of hydrogen-bond donors (Lipinski definition) is 2. The molecule has 0 unspecified atom stereocenters. The van der Waals surface area contributed by atoms with E-state index in [-0.39, 0.29) is 22.8 Å². The van der Waals surface area contributed by atoms with E-state index in [4.69, 9.17) is 11.6 Å². The summed E-state index contributed by atoms with van der Waals surface area (Å²) < 4.78 is 26.8. The molecule has 2 heterocycles. The molecule has 0 radical (unpaired) electrons. The second-order valence-corrected chi connectivity index (χ2v) is 12.6. The van der Waals surface area contributed by atoms with Crippen molar-refractivity contribution in [2.75, 3.05) is 6.26 Å². The van der Waals surface area contributed by atoms with Crippen LogP contribution in [0.3, 0.4) is 0 Å². The molecule has 2 amide bonds. The minimum atomic E-state index is -3.54. The molecular weight excluding hydrogens is 546 g/mol. The number of amides is 2. The maximum atomic E-state index is 13.3. The van der Waals surface area contributed by atoms with Crippen molar-refractivity contribution < 1.29 is 18.0 Å². The fourth-order valence-electron chi connectivity index (χ4n) is 4.62. The Kier molecular flexibility index (Phi) is 6.95. The van der Waals surface area contributed by atoms with Crippen LogP contribution in [0.1, 0.15) is 37.2 Å². The number of benzene rings is 2. The standard InChI is InChI=1S/C27H22ClN3O5S2/c1-38(35,36)22-6-4-5-18-19(22)15-20(29-27(34)21-12-13-23(28)37-21)25(18)30-26(33)16-8-10-17(11-9-16)31-14-3-2-7-24(31)32/h2-14,20,25H,15H2,1H3,(H,29,34)(H,30,33)/t20-,25+/m1/s1. The Labute approximate surface area is 227 Å². The summed E-state index contributed by atoms with van der Waals surface area (Å²) in [5, 5.41) is 5.92. The van der Waals surface area contributed by atoms with Crippen LogP contribution in [0.2, 0.25) is 4.34 Å². The monoisotopic (exact) mass is 567 g/mol. The first-order valence-electron chi connectivity index (χ1n) is 11.6. The topological polar surface area (TPSA) is 114 Å². The molecule has 0 saturated heterocycles. The van der Waals surface area contributed by atoms with Gasteiger partial charge in [0.2, 0.25) is 0 Å². The molecule has 11 heteroatoms. The predicted octanol–water partition coefficient (Wildman–Crippen LogP) is 3.78. The van der Waals surface area contributed by atoms with Crippen LogP contribution in [-0.2, 0) is 16.3 Å². The molecule has 0 aliphatic heterocycles. The van der Waals surface area contributed by atoms with Crippen LogP contribution in [0, 0.1) is 0 Å². The number of halogens is 1. The highest BCUT2D eigenvalue weighted by molar-refractivity contribution is 7.90. The van der Waals surface area contributed by atoms with Gasteiger partial charge in [-0.3, -0.25) is 19.0 Å². The summed E-state index contributed by atoms with van der Waals surface area (Å²) in [6, 6.07) is 18.3. The largest absolute Gasteiger partial charge is 0.346 e. The van der Waals surface area contributed by atoms with Crippen LogP contribution in [0.25, 0.3) is 5.69 Å². The third-order valence-corrected chi connectivity index (χ3v) is 8.77. The van der Waals surface area contributed by atoms with E-state index in [1.807, 2.05) is 0 Å². The van der Waals surface area contributed by atoms with Crippen molar-refractivity contribution in [1.82, 2.24) is 15.2 Å². The van der Waals surface area contributed by atoms with Crippen molar-refractivity contribution in [1.29, 1.82) is 0 Å². The maximum absolute atomic E-state index is 13.3. The van der Waals surface area contributed by atoms with Crippen molar-refractivity contribution in [2.45, 2.75) is 23.4 Å². The fourth-order valence-corrected chi connectivity index (χ4v) is 6.54. The van der Waals surface area contributed by atoms with Gasteiger partial charge in [0.15, 0.2) is 9.84 Å². The average molecular weight is 568 g/mol. The first-order valence-corrected chi connectivity index (χ1v) is 14.7. The highest BCUT2D eigenvalue weighted by atomic mass is 35.5. The lowest BCUT2D eigenvalue weighted by Crippen LogP contribution is -2.44. The van der Waals surface area contributed by atoms with Gasteiger partial charge in [-0.05, 0) is 66.1 Å². The lowest BCUT2D eigenvalue weighted by atomic mass is 10.1. The van der Waals surface area contributed by atoms with Gasteiger partial charge in [0, 0.05) is 29.8 Å². The van der Waals surface area contributed by atoms with Crippen molar-refractivity contribution in [2.24, 2.45) is 0 Å². The molecule has 38 heavy (non-hydrogen) atoms. The molecule has 2 N–H and O–H groups in total. The molecule has 8 nitrogen and oxygen atoms in total. The Morgan fingerprint density at radius 2 is 1.71 bits per heavy atom. The number of thiophene rings is 1. The number of sulfone groups is 1. The van der Waals surface area contributed by atoms with E-state index in [0.717, 1.165) is 17.6 Å². The van der Waals surface area contributed by atoms with Gasteiger partial charge >= 0.3 is 0 Å². The molecule has 1 aliphatic rings.